The summed E-state index contributed by atoms with van der Waals surface area (Å²) in [6.07, 6.45) is 0. The van der Waals surface area contributed by atoms with Gasteiger partial charge in [0.25, 0.3) is 5.91 Å². The highest BCUT2D eigenvalue weighted by molar-refractivity contribution is 6.05. The molecule has 3 aromatic rings. The van der Waals surface area contributed by atoms with Crippen LogP contribution in [0.4, 0.5) is 5.69 Å². The van der Waals surface area contributed by atoms with Crippen molar-refractivity contribution in [1.29, 1.82) is 0 Å². The standard InChI is InChI=1S/C23H24N2O2/c1-25(2)16-17-27-22-11-7-6-10-21(22)24-23(26)20-14-12-19(13-15-20)18-8-4-3-5-9-18/h3-15H,16-17H2,1-2H3,(H,24,26). The Kier molecular flexibility index (Phi) is 6.23. The third kappa shape index (κ3) is 5.19. The predicted octanol–water partition coefficient (Wildman–Crippen LogP) is 4.55. The first-order valence-corrected chi connectivity index (χ1v) is 8.97. The van der Waals surface area contributed by atoms with Gasteiger partial charge in [0.2, 0.25) is 0 Å². The van der Waals surface area contributed by atoms with Crippen LogP contribution in [0, 0.1) is 0 Å². The lowest BCUT2D eigenvalue weighted by molar-refractivity contribution is 0.102. The number of likely N-dealkylation sites (N-methyl/N-ethyl adjacent to an activating group) is 1. The zero-order valence-electron chi connectivity index (χ0n) is 15.7. The molecule has 138 valence electrons. The summed E-state index contributed by atoms with van der Waals surface area (Å²) in [5.74, 6) is 0.520. The van der Waals surface area contributed by atoms with Gasteiger partial charge in [-0.3, -0.25) is 4.79 Å². The molecule has 0 radical (unpaired) electrons. The smallest absolute Gasteiger partial charge is 0.255 e. The van der Waals surface area contributed by atoms with Crippen molar-refractivity contribution in [3.05, 3.63) is 84.4 Å². The summed E-state index contributed by atoms with van der Waals surface area (Å²) in [4.78, 5) is 14.7. The summed E-state index contributed by atoms with van der Waals surface area (Å²) < 4.78 is 5.81. The number of anilines is 1. The van der Waals surface area contributed by atoms with Gasteiger partial charge < -0.3 is 15.0 Å². The molecule has 0 aliphatic carbocycles. The van der Waals surface area contributed by atoms with Crippen molar-refractivity contribution in [1.82, 2.24) is 4.90 Å². The van der Waals surface area contributed by atoms with E-state index < -0.39 is 0 Å². The number of ether oxygens (including phenoxy) is 1. The number of carbonyl (C=O) groups is 1. The highest BCUT2D eigenvalue weighted by atomic mass is 16.5. The number of hydrogen-bond donors (Lipinski definition) is 1. The summed E-state index contributed by atoms with van der Waals surface area (Å²) in [6, 6.07) is 25.2. The van der Waals surface area contributed by atoms with Crippen molar-refractivity contribution in [2.75, 3.05) is 32.6 Å². The normalized spacial score (nSPS) is 10.6. The van der Waals surface area contributed by atoms with Gasteiger partial charge in [0.05, 0.1) is 5.69 Å². The molecule has 0 spiro atoms. The van der Waals surface area contributed by atoms with Crippen LogP contribution in [0.2, 0.25) is 0 Å². The van der Waals surface area contributed by atoms with Crippen LogP contribution in [-0.2, 0) is 0 Å². The SMILES string of the molecule is CN(C)CCOc1ccccc1NC(=O)c1ccc(-c2ccccc2)cc1. The molecular formula is C23H24N2O2. The van der Waals surface area contributed by atoms with Gasteiger partial charge in [-0.2, -0.15) is 0 Å². The van der Waals surface area contributed by atoms with E-state index in [1.54, 1.807) is 0 Å². The zero-order chi connectivity index (χ0) is 19.1. The van der Waals surface area contributed by atoms with Crippen molar-refractivity contribution in [3.8, 4) is 16.9 Å². The van der Waals surface area contributed by atoms with Crippen molar-refractivity contribution in [2.24, 2.45) is 0 Å². The maximum Gasteiger partial charge on any atom is 0.255 e. The van der Waals surface area contributed by atoms with Crippen LogP contribution >= 0.6 is 0 Å². The number of nitrogens with zero attached hydrogens (tertiary/aromatic N) is 1. The minimum atomic E-state index is -0.154. The average molecular weight is 360 g/mol. The molecule has 0 atom stereocenters. The fraction of sp³-hybridized carbons (Fsp3) is 0.174. The molecule has 3 aromatic carbocycles. The van der Waals surface area contributed by atoms with E-state index in [1.165, 1.54) is 0 Å². The Balaban J connectivity index is 1.69. The van der Waals surface area contributed by atoms with E-state index in [0.29, 0.717) is 23.6 Å². The summed E-state index contributed by atoms with van der Waals surface area (Å²) in [7, 11) is 3.99. The Hall–Kier alpha value is -3.11. The topological polar surface area (TPSA) is 41.6 Å². The van der Waals surface area contributed by atoms with Crippen molar-refractivity contribution >= 4 is 11.6 Å². The van der Waals surface area contributed by atoms with Crippen LogP contribution < -0.4 is 10.1 Å². The molecule has 0 unspecified atom stereocenters. The Morgan fingerprint density at radius 2 is 1.48 bits per heavy atom. The summed E-state index contributed by atoms with van der Waals surface area (Å²) in [5, 5.41) is 2.95. The van der Waals surface area contributed by atoms with E-state index in [1.807, 2.05) is 80.8 Å². The second-order valence-corrected chi connectivity index (χ2v) is 6.55. The molecule has 0 saturated carbocycles. The number of carbonyl (C=O) groups excluding carboxylic acids is 1. The minimum absolute atomic E-state index is 0.154. The van der Waals surface area contributed by atoms with E-state index in [4.69, 9.17) is 4.74 Å². The van der Waals surface area contributed by atoms with Gasteiger partial charge in [-0.25, -0.2) is 0 Å². The van der Waals surface area contributed by atoms with Crippen LogP contribution in [0.3, 0.4) is 0 Å². The van der Waals surface area contributed by atoms with Crippen molar-refractivity contribution in [3.63, 3.8) is 0 Å². The second-order valence-electron chi connectivity index (χ2n) is 6.55. The number of nitrogens with one attached hydrogen (secondary N) is 1. The Morgan fingerprint density at radius 3 is 2.19 bits per heavy atom. The number of hydrogen-bond acceptors (Lipinski definition) is 3. The van der Waals surface area contributed by atoms with Gasteiger partial charge in [0, 0.05) is 12.1 Å². The van der Waals surface area contributed by atoms with E-state index in [2.05, 4.69) is 22.3 Å². The number of rotatable bonds is 7. The summed E-state index contributed by atoms with van der Waals surface area (Å²) >= 11 is 0. The number of para-hydroxylation sites is 2. The highest BCUT2D eigenvalue weighted by Crippen LogP contribution is 2.25. The fourth-order valence-electron chi connectivity index (χ4n) is 2.67. The van der Waals surface area contributed by atoms with Crippen molar-refractivity contribution in [2.45, 2.75) is 0 Å². The molecule has 0 fully saturated rings. The third-order valence-electron chi connectivity index (χ3n) is 4.19. The molecule has 0 heterocycles. The third-order valence-corrected chi connectivity index (χ3v) is 4.19. The lowest BCUT2D eigenvalue weighted by Gasteiger charge is -2.14. The maximum atomic E-state index is 12.6. The lowest BCUT2D eigenvalue weighted by atomic mass is 10.0. The van der Waals surface area contributed by atoms with E-state index in [9.17, 15) is 4.79 Å². The van der Waals surface area contributed by atoms with E-state index >= 15 is 0 Å². The molecule has 4 nitrogen and oxygen atoms in total. The largest absolute Gasteiger partial charge is 0.490 e. The minimum Gasteiger partial charge on any atom is -0.490 e. The van der Waals surface area contributed by atoms with Gasteiger partial charge >= 0.3 is 0 Å². The van der Waals surface area contributed by atoms with Gasteiger partial charge in [-0.05, 0) is 49.5 Å². The summed E-state index contributed by atoms with van der Waals surface area (Å²) in [5.41, 5.74) is 3.50. The molecule has 0 aromatic heterocycles. The molecule has 0 bridgehead atoms. The van der Waals surface area contributed by atoms with Gasteiger partial charge in [-0.15, -0.1) is 0 Å². The summed E-state index contributed by atoms with van der Waals surface area (Å²) in [6.45, 7) is 1.37. The lowest BCUT2D eigenvalue weighted by Crippen LogP contribution is -2.20. The van der Waals surface area contributed by atoms with Crippen LogP contribution in [0.1, 0.15) is 10.4 Å². The van der Waals surface area contributed by atoms with Crippen LogP contribution in [0.15, 0.2) is 78.9 Å². The second kappa shape index (κ2) is 9.01. The highest BCUT2D eigenvalue weighted by Gasteiger charge is 2.10. The van der Waals surface area contributed by atoms with Gasteiger partial charge in [-0.1, -0.05) is 54.6 Å². The first kappa shape index (κ1) is 18.7. The van der Waals surface area contributed by atoms with Crippen LogP contribution in [0.25, 0.3) is 11.1 Å². The van der Waals surface area contributed by atoms with Crippen LogP contribution in [0.5, 0.6) is 5.75 Å². The quantitative estimate of drug-likeness (QED) is 0.672. The van der Waals surface area contributed by atoms with Gasteiger partial charge in [0.1, 0.15) is 12.4 Å². The molecule has 4 heteroatoms. The molecule has 1 amide bonds. The first-order chi connectivity index (χ1) is 13.1. The number of amides is 1. The Labute approximate surface area is 160 Å². The fourth-order valence-corrected chi connectivity index (χ4v) is 2.67. The monoisotopic (exact) mass is 360 g/mol. The molecular weight excluding hydrogens is 336 g/mol. The first-order valence-electron chi connectivity index (χ1n) is 8.97. The molecule has 0 saturated heterocycles. The zero-order valence-corrected chi connectivity index (χ0v) is 15.7. The molecule has 0 aliphatic rings. The van der Waals surface area contributed by atoms with Crippen molar-refractivity contribution < 1.29 is 9.53 Å². The Morgan fingerprint density at radius 1 is 0.852 bits per heavy atom. The Bertz CT molecular complexity index is 874. The van der Waals surface area contributed by atoms with E-state index in [-0.39, 0.29) is 5.91 Å². The van der Waals surface area contributed by atoms with E-state index in [0.717, 1.165) is 17.7 Å². The molecule has 3 rings (SSSR count). The molecule has 1 N–H and O–H groups in total. The molecule has 27 heavy (non-hydrogen) atoms. The van der Waals surface area contributed by atoms with Gasteiger partial charge in [0.15, 0.2) is 0 Å². The predicted molar refractivity (Wildman–Crippen MR) is 110 cm³/mol. The molecule has 0 aliphatic heterocycles. The maximum absolute atomic E-state index is 12.6. The number of benzene rings is 3. The average Bonchev–Trinajstić information content (AvgIpc) is 2.70. The van der Waals surface area contributed by atoms with Crippen LogP contribution in [-0.4, -0.2) is 38.1 Å².